The molecular weight excluding hydrogens is 464 g/mol. The van der Waals surface area contributed by atoms with Crippen LogP contribution in [0.4, 0.5) is 4.39 Å². The van der Waals surface area contributed by atoms with E-state index in [4.69, 9.17) is 27.9 Å². The number of aromatic amines is 1. The van der Waals surface area contributed by atoms with E-state index in [1.54, 1.807) is 36.3 Å². The van der Waals surface area contributed by atoms with E-state index < -0.39 is 6.04 Å². The monoisotopic (exact) mass is 481 g/mol. The summed E-state index contributed by atoms with van der Waals surface area (Å²) in [6.45, 7) is 0.271. The van der Waals surface area contributed by atoms with Crippen LogP contribution < -0.4 is 4.74 Å². The SMILES string of the molecule is COc1ccc(-c2n[nH]c3c2C(c2ccc(Cl)cc2Cl)N(Cc2ccc(F)cc2)C3=O)cc1. The zero-order chi connectivity index (χ0) is 23.1. The van der Waals surface area contributed by atoms with Gasteiger partial charge in [-0.15, -0.1) is 0 Å². The number of H-pyrrole nitrogens is 1. The molecule has 0 saturated carbocycles. The summed E-state index contributed by atoms with van der Waals surface area (Å²) in [5.41, 5.74) is 4.14. The van der Waals surface area contributed by atoms with Crippen LogP contribution in [0.3, 0.4) is 0 Å². The molecular formula is C25H18Cl2FN3O2. The highest BCUT2D eigenvalue weighted by Crippen LogP contribution is 2.45. The van der Waals surface area contributed by atoms with Gasteiger partial charge in [-0.1, -0.05) is 41.4 Å². The second-order valence-corrected chi connectivity index (χ2v) is 8.56. The van der Waals surface area contributed by atoms with E-state index in [1.807, 2.05) is 30.3 Å². The third kappa shape index (κ3) is 3.86. The number of carbonyl (C=O) groups is 1. The van der Waals surface area contributed by atoms with Crippen molar-refractivity contribution in [2.45, 2.75) is 12.6 Å². The fourth-order valence-electron chi connectivity index (χ4n) is 4.16. The molecule has 1 aliphatic rings. The molecule has 1 N–H and O–H groups in total. The Kier molecular flexibility index (Phi) is 5.56. The fraction of sp³-hybridized carbons (Fsp3) is 0.120. The maximum absolute atomic E-state index is 13.5. The van der Waals surface area contributed by atoms with Crippen LogP contribution in [0.25, 0.3) is 11.3 Å². The number of methoxy groups -OCH3 is 1. The lowest BCUT2D eigenvalue weighted by atomic mass is 9.95. The molecule has 0 spiro atoms. The van der Waals surface area contributed by atoms with Crippen LogP contribution in [0, 0.1) is 5.82 Å². The summed E-state index contributed by atoms with van der Waals surface area (Å²) in [6, 6.07) is 18.3. The number of carbonyl (C=O) groups excluding carboxylic acids is 1. The van der Waals surface area contributed by atoms with Crippen LogP contribution >= 0.6 is 23.2 Å². The number of rotatable bonds is 5. The summed E-state index contributed by atoms with van der Waals surface area (Å²) in [7, 11) is 1.60. The third-order valence-corrected chi connectivity index (χ3v) is 6.31. The second-order valence-electron chi connectivity index (χ2n) is 7.72. The Balaban J connectivity index is 1.64. The molecule has 1 atom stereocenters. The Morgan fingerprint density at radius 3 is 2.45 bits per heavy atom. The average molecular weight is 482 g/mol. The summed E-state index contributed by atoms with van der Waals surface area (Å²) >= 11 is 12.7. The van der Waals surface area contributed by atoms with Crippen molar-refractivity contribution in [3.05, 3.63) is 105 Å². The molecule has 0 fully saturated rings. The summed E-state index contributed by atoms with van der Waals surface area (Å²) in [5, 5.41) is 8.32. The lowest BCUT2D eigenvalue weighted by Crippen LogP contribution is -2.29. The largest absolute Gasteiger partial charge is 0.497 e. The van der Waals surface area contributed by atoms with Gasteiger partial charge in [-0.3, -0.25) is 9.89 Å². The first-order chi connectivity index (χ1) is 16.0. The molecule has 0 saturated heterocycles. The highest BCUT2D eigenvalue weighted by molar-refractivity contribution is 6.35. The normalized spacial score (nSPS) is 15.1. The van der Waals surface area contributed by atoms with E-state index in [-0.39, 0.29) is 18.3 Å². The van der Waals surface area contributed by atoms with Crippen molar-refractivity contribution in [3.8, 4) is 17.0 Å². The Bertz CT molecular complexity index is 1340. The zero-order valence-electron chi connectivity index (χ0n) is 17.5. The molecule has 2 heterocycles. The van der Waals surface area contributed by atoms with Crippen LogP contribution in [-0.4, -0.2) is 28.1 Å². The van der Waals surface area contributed by atoms with Gasteiger partial charge in [0.05, 0.1) is 18.8 Å². The third-order valence-electron chi connectivity index (χ3n) is 5.75. The van der Waals surface area contributed by atoms with E-state index in [1.165, 1.54) is 12.1 Å². The van der Waals surface area contributed by atoms with Gasteiger partial charge in [-0.25, -0.2) is 4.39 Å². The van der Waals surface area contributed by atoms with Crippen molar-refractivity contribution in [2.24, 2.45) is 0 Å². The van der Waals surface area contributed by atoms with Gasteiger partial charge in [-0.2, -0.15) is 5.10 Å². The van der Waals surface area contributed by atoms with Gasteiger partial charge >= 0.3 is 0 Å². The highest BCUT2D eigenvalue weighted by Gasteiger charge is 2.43. The lowest BCUT2D eigenvalue weighted by Gasteiger charge is -2.27. The van der Waals surface area contributed by atoms with Crippen LogP contribution in [0.2, 0.25) is 10.0 Å². The molecule has 5 nitrogen and oxygen atoms in total. The van der Waals surface area contributed by atoms with Gasteiger partial charge in [0, 0.05) is 27.7 Å². The van der Waals surface area contributed by atoms with Crippen LogP contribution in [0.1, 0.15) is 33.2 Å². The van der Waals surface area contributed by atoms with E-state index in [2.05, 4.69) is 10.2 Å². The highest BCUT2D eigenvalue weighted by atomic mass is 35.5. The number of nitrogens with one attached hydrogen (secondary N) is 1. The molecule has 1 aliphatic heterocycles. The number of fused-ring (bicyclic) bond motifs is 1. The molecule has 1 unspecified atom stereocenters. The Morgan fingerprint density at radius 1 is 1.06 bits per heavy atom. The molecule has 33 heavy (non-hydrogen) atoms. The van der Waals surface area contributed by atoms with Crippen molar-refractivity contribution >= 4 is 29.1 Å². The molecule has 0 aliphatic carbocycles. The first kappa shape index (κ1) is 21.5. The van der Waals surface area contributed by atoms with Crippen LogP contribution in [0.15, 0.2) is 66.7 Å². The predicted molar refractivity (Wildman–Crippen MR) is 125 cm³/mol. The van der Waals surface area contributed by atoms with Gasteiger partial charge in [0.2, 0.25) is 0 Å². The van der Waals surface area contributed by atoms with Crippen molar-refractivity contribution in [1.29, 1.82) is 0 Å². The minimum absolute atomic E-state index is 0.211. The number of aromatic nitrogens is 2. The minimum Gasteiger partial charge on any atom is -0.497 e. The summed E-state index contributed by atoms with van der Waals surface area (Å²) in [4.78, 5) is 15.2. The number of nitrogens with zero attached hydrogens (tertiary/aromatic N) is 2. The summed E-state index contributed by atoms with van der Waals surface area (Å²) < 4.78 is 18.7. The fourth-order valence-corrected chi connectivity index (χ4v) is 4.67. The molecule has 0 bridgehead atoms. The van der Waals surface area contributed by atoms with Crippen LogP contribution in [0.5, 0.6) is 5.75 Å². The van der Waals surface area contributed by atoms with Crippen molar-refractivity contribution in [1.82, 2.24) is 15.1 Å². The number of hydrogen-bond acceptors (Lipinski definition) is 3. The topological polar surface area (TPSA) is 58.2 Å². The van der Waals surface area contributed by atoms with Crippen molar-refractivity contribution < 1.29 is 13.9 Å². The number of hydrogen-bond donors (Lipinski definition) is 1. The molecule has 166 valence electrons. The van der Waals surface area contributed by atoms with Gasteiger partial charge in [-0.05, 0) is 59.7 Å². The molecule has 8 heteroatoms. The lowest BCUT2D eigenvalue weighted by molar-refractivity contribution is 0.0730. The maximum atomic E-state index is 13.5. The van der Waals surface area contributed by atoms with E-state index >= 15 is 0 Å². The minimum atomic E-state index is -0.502. The standard InChI is InChI=1S/C25H18Cl2FN3O2/c1-33-18-9-4-15(5-10-18)22-21-23(30-29-22)25(32)31(13-14-2-7-17(28)8-3-14)24(21)19-11-6-16(26)12-20(19)27/h2-12,24H,13H2,1H3,(H,29,30). The van der Waals surface area contributed by atoms with Gasteiger partial charge in [0.1, 0.15) is 17.3 Å². The maximum Gasteiger partial charge on any atom is 0.273 e. The number of benzene rings is 3. The molecule has 0 radical (unpaired) electrons. The average Bonchev–Trinajstić information content (AvgIpc) is 3.35. The Morgan fingerprint density at radius 2 is 1.79 bits per heavy atom. The Labute approximate surface area is 199 Å². The summed E-state index contributed by atoms with van der Waals surface area (Å²) in [6.07, 6.45) is 0. The molecule has 3 aromatic carbocycles. The van der Waals surface area contributed by atoms with E-state index in [0.717, 1.165) is 28.0 Å². The number of halogens is 3. The second kappa shape index (κ2) is 8.54. The molecule has 1 aromatic heterocycles. The van der Waals surface area contributed by atoms with Gasteiger partial charge in [0.15, 0.2) is 0 Å². The molecule has 4 aromatic rings. The Hall–Kier alpha value is -3.35. The first-order valence-electron chi connectivity index (χ1n) is 10.2. The smallest absolute Gasteiger partial charge is 0.273 e. The van der Waals surface area contributed by atoms with Crippen molar-refractivity contribution in [3.63, 3.8) is 0 Å². The zero-order valence-corrected chi connectivity index (χ0v) is 19.0. The molecule has 1 amide bonds. The first-order valence-corrected chi connectivity index (χ1v) is 10.9. The number of amides is 1. The number of ether oxygens (including phenoxy) is 1. The van der Waals surface area contributed by atoms with Gasteiger partial charge < -0.3 is 9.64 Å². The summed E-state index contributed by atoms with van der Waals surface area (Å²) in [5.74, 6) is 0.176. The van der Waals surface area contributed by atoms with Gasteiger partial charge in [0.25, 0.3) is 5.91 Å². The molecule has 5 rings (SSSR count). The van der Waals surface area contributed by atoms with E-state index in [0.29, 0.717) is 21.4 Å². The van der Waals surface area contributed by atoms with Crippen LogP contribution in [-0.2, 0) is 6.54 Å². The van der Waals surface area contributed by atoms with E-state index in [9.17, 15) is 9.18 Å². The van der Waals surface area contributed by atoms with Crippen molar-refractivity contribution in [2.75, 3.05) is 7.11 Å². The predicted octanol–water partition coefficient (Wildman–Crippen LogP) is 6.28. The quantitative estimate of drug-likeness (QED) is 0.365.